The zero-order valence-corrected chi connectivity index (χ0v) is 9.70. The van der Waals surface area contributed by atoms with E-state index in [1.54, 1.807) is 0 Å². The van der Waals surface area contributed by atoms with Crippen LogP contribution >= 0.6 is 0 Å². The van der Waals surface area contributed by atoms with Crippen LogP contribution in [0.25, 0.3) is 0 Å². The van der Waals surface area contributed by atoms with Crippen LogP contribution in [0.3, 0.4) is 0 Å². The van der Waals surface area contributed by atoms with Gasteiger partial charge in [-0.2, -0.15) is 0 Å². The van der Waals surface area contributed by atoms with Crippen molar-refractivity contribution in [3.63, 3.8) is 0 Å². The van der Waals surface area contributed by atoms with E-state index in [9.17, 15) is 0 Å². The molecule has 0 aromatic carbocycles. The van der Waals surface area contributed by atoms with E-state index >= 15 is 0 Å². The summed E-state index contributed by atoms with van der Waals surface area (Å²) < 4.78 is 0. The molecule has 0 aliphatic carbocycles. The average molecular weight is 307 g/mol. The first-order valence-corrected chi connectivity index (χ1v) is 0. The predicted molar refractivity (Wildman–Crippen MR) is 5.75 cm³/mol. The second-order valence-electron chi connectivity index (χ2n) is 0. The van der Waals surface area contributed by atoms with Gasteiger partial charge in [0.1, 0.15) is 0 Å². The SMILES string of the molecule is [Ag].[Cu].[Ga].[Zn]. The van der Waals surface area contributed by atoms with Crippen LogP contribution < -0.4 is 0 Å². The van der Waals surface area contributed by atoms with E-state index in [2.05, 4.69) is 0 Å². The van der Waals surface area contributed by atoms with Crippen LogP contribution in [-0.4, -0.2) is 19.8 Å². The zero-order chi connectivity index (χ0) is 0. The Balaban J connectivity index is 0. The maximum absolute atomic E-state index is 0. The molecule has 0 spiro atoms. The number of hydrogen-bond donors (Lipinski definition) is 0. The summed E-state index contributed by atoms with van der Waals surface area (Å²) in [7, 11) is 0. The van der Waals surface area contributed by atoms with Crippen molar-refractivity contribution in [2.45, 2.75) is 0 Å². The Morgan fingerprint density at radius 2 is 1.00 bits per heavy atom. The molecule has 0 N–H and O–H groups in total. The van der Waals surface area contributed by atoms with Gasteiger partial charge >= 0.3 is 0 Å². The molecule has 0 bridgehead atoms. The third-order valence-electron chi connectivity index (χ3n) is 0. The first-order valence-electron chi connectivity index (χ1n) is 0. The zero-order valence-electron chi connectivity index (χ0n) is 1.89. The van der Waals surface area contributed by atoms with E-state index in [1.165, 1.54) is 0 Å². The van der Waals surface area contributed by atoms with Crippen molar-refractivity contribution < 1.29 is 58.9 Å². The molecule has 0 nitrogen and oxygen atoms in total. The van der Waals surface area contributed by atoms with Crippen LogP contribution in [0.4, 0.5) is 0 Å². The molecule has 0 heterocycles. The summed E-state index contributed by atoms with van der Waals surface area (Å²) in [5.74, 6) is 0. The normalized spacial score (nSPS) is 0. The molecule has 0 aromatic rings. The van der Waals surface area contributed by atoms with Gasteiger partial charge in [-0.3, -0.25) is 0 Å². The Labute approximate surface area is 77.7 Å². The molecule has 0 rings (SSSR count). The standard InChI is InChI=1S/Ag.Cu.Ga.Zn. The summed E-state index contributed by atoms with van der Waals surface area (Å²) in [5.41, 5.74) is 0. The Hall–Kier alpha value is 2.52. The molecule has 0 atom stereocenters. The molecule has 4 heteroatoms. The summed E-state index contributed by atoms with van der Waals surface area (Å²) in [6, 6.07) is 0. The molecule has 5 radical (unpaired) electrons. The minimum Gasteiger partial charge on any atom is 0 e. The first-order chi connectivity index (χ1) is 0. The fourth-order valence-corrected chi connectivity index (χ4v) is 0. The summed E-state index contributed by atoms with van der Waals surface area (Å²) in [4.78, 5) is 0. The van der Waals surface area contributed by atoms with Crippen LogP contribution in [0.2, 0.25) is 0 Å². The van der Waals surface area contributed by atoms with Gasteiger partial charge in [-0.25, -0.2) is 0 Å². The van der Waals surface area contributed by atoms with Gasteiger partial charge in [0.15, 0.2) is 0 Å². The molecular weight excluding hydrogens is 307 g/mol. The predicted octanol–water partition coefficient (Wildman–Crippen LogP) is -0.388. The van der Waals surface area contributed by atoms with E-state index in [4.69, 9.17) is 0 Å². The summed E-state index contributed by atoms with van der Waals surface area (Å²) in [5, 5.41) is 0. The van der Waals surface area contributed by atoms with Gasteiger partial charge in [-0.15, -0.1) is 0 Å². The molecule has 0 aliphatic heterocycles. The summed E-state index contributed by atoms with van der Waals surface area (Å²) in [6.07, 6.45) is 0. The molecule has 0 amide bonds. The van der Waals surface area contributed by atoms with Crippen molar-refractivity contribution in [1.29, 1.82) is 0 Å². The minimum atomic E-state index is 0. The molecule has 0 saturated carbocycles. The summed E-state index contributed by atoms with van der Waals surface area (Å²) >= 11 is 0. The first kappa shape index (κ1) is 31.3. The topological polar surface area (TPSA) is 0 Å². The molecule has 0 aromatic heterocycles. The van der Waals surface area contributed by atoms with Gasteiger partial charge < -0.3 is 0 Å². The van der Waals surface area contributed by atoms with Crippen LogP contribution in [0.5, 0.6) is 0 Å². The van der Waals surface area contributed by atoms with Gasteiger partial charge in [0, 0.05) is 78.7 Å². The van der Waals surface area contributed by atoms with E-state index in [-0.39, 0.29) is 78.7 Å². The van der Waals surface area contributed by atoms with Crippen LogP contribution in [-0.2, 0) is 58.9 Å². The van der Waals surface area contributed by atoms with E-state index in [0.29, 0.717) is 0 Å². The fraction of sp³-hybridized carbons (Fsp3) is 0. The molecule has 0 unspecified atom stereocenters. The maximum Gasteiger partial charge on any atom is 0 e. The van der Waals surface area contributed by atoms with Crippen molar-refractivity contribution >= 4 is 19.8 Å². The Morgan fingerprint density at radius 1 is 1.00 bits per heavy atom. The van der Waals surface area contributed by atoms with Crippen LogP contribution in [0.1, 0.15) is 0 Å². The smallest absolute Gasteiger partial charge is 0 e. The molecular formula is AgCuGaZn. The second-order valence-corrected chi connectivity index (χ2v) is 0. The number of hydrogen-bond acceptors (Lipinski definition) is 0. The Bertz CT molecular complexity index is 8.00. The van der Waals surface area contributed by atoms with Crippen molar-refractivity contribution in [2.24, 2.45) is 0 Å². The third kappa shape index (κ3) is 8.82. The quantitative estimate of drug-likeness (QED) is 0.535. The van der Waals surface area contributed by atoms with Gasteiger partial charge in [-0.1, -0.05) is 0 Å². The Kier molecular flexibility index (Phi) is 139. The fourth-order valence-electron chi connectivity index (χ4n) is 0. The molecule has 0 aliphatic rings. The van der Waals surface area contributed by atoms with E-state index in [0.717, 1.165) is 0 Å². The van der Waals surface area contributed by atoms with Crippen LogP contribution in [0, 0.1) is 0 Å². The van der Waals surface area contributed by atoms with Crippen molar-refractivity contribution in [3.8, 4) is 0 Å². The third-order valence-corrected chi connectivity index (χ3v) is 0. The minimum absolute atomic E-state index is 0. The van der Waals surface area contributed by atoms with Gasteiger partial charge in [0.05, 0.1) is 0 Å². The molecule has 27 valence electrons. The average Bonchev–Trinajstić information content (AvgIpc) is 0. The van der Waals surface area contributed by atoms with E-state index in [1.807, 2.05) is 0 Å². The maximum atomic E-state index is 0. The largest absolute Gasteiger partial charge is 0 e. The second kappa shape index (κ2) is 17.8. The number of rotatable bonds is 0. The molecule has 0 fully saturated rings. The van der Waals surface area contributed by atoms with Gasteiger partial charge in [0.2, 0.25) is 0 Å². The van der Waals surface area contributed by atoms with Crippen molar-refractivity contribution in [2.75, 3.05) is 0 Å². The van der Waals surface area contributed by atoms with Gasteiger partial charge in [0.25, 0.3) is 0 Å². The monoisotopic (exact) mass is 303 g/mol. The molecule has 4 heavy (non-hydrogen) atoms. The summed E-state index contributed by atoms with van der Waals surface area (Å²) in [6.45, 7) is 0. The van der Waals surface area contributed by atoms with Crippen LogP contribution in [0.15, 0.2) is 0 Å². The Morgan fingerprint density at radius 3 is 1.00 bits per heavy atom. The van der Waals surface area contributed by atoms with Crippen molar-refractivity contribution in [3.05, 3.63) is 0 Å². The van der Waals surface area contributed by atoms with E-state index < -0.39 is 0 Å². The molecule has 0 saturated heterocycles. The van der Waals surface area contributed by atoms with Gasteiger partial charge in [-0.05, 0) is 0 Å². The van der Waals surface area contributed by atoms with Crippen molar-refractivity contribution in [1.82, 2.24) is 0 Å².